The van der Waals surface area contributed by atoms with Gasteiger partial charge in [0, 0.05) is 0 Å². The highest BCUT2D eigenvalue weighted by molar-refractivity contribution is 6.06. The van der Waals surface area contributed by atoms with Crippen molar-refractivity contribution in [3.8, 4) is 17.2 Å². The Kier molecular flexibility index (Phi) is 4.57. The summed E-state index contributed by atoms with van der Waals surface area (Å²) in [6.07, 6.45) is 0. The van der Waals surface area contributed by atoms with E-state index in [1.54, 1.807) is 0 Å². The van der Waals surface area contributed by atoms with E-state index in [1.807, 2.05) is 0 Å². The number of methoxy groups -OCH3 is 4. The van der Waals surface area contributed by atoms with E-state index in [-0.39, 0.29) is 22.6 Å². The number of esters is 2. The zero-order valence-corrected chi connectivity index (χ0v) is 11.0. The van der Waals surface area contributed by atoms with Crippen molar-refractivity contribution in [1.82, 2.24) is 0 Å². The second-order valence-corrected chi connectivity index (χ2v) is 3.37. The number of hydrogen-bond acceptors (Lipinski definition) is 7. The normalized spacial score (nSPS) is 9.68. The van der Waals surface area contributed by atoms with E-state index < -0.39 is 17.7 Å². The molecule has 0 atom stereocenters. The maximum atomic E-state index is 11.7. The van der Waals surface area contributed by atoms with Gasteiger partial charge in [-0.1, -0.05) is 0 Å². The number of rotatable bonds is 4. The first-order valence-corrected chi connectivity index (χ1v) is 5.16. The van der Waals surface area contributed by atoms with Gasteiger partial charge < -0.3 is 24.1 Å². The van der Waals surface area contributed by atoms with Gasteiger partial charge in [0.1, 0.15) is 5.56 Å². The Labute approximate surface area is 109 Å². The lowest BCUT2D eigenvalue weighted by atomic mass is 10.0. The van der Waals surface area contributed by atoms with Crippen molar-refractivity contribution in [2.75, 3.05) is 28.4 Å². The Morgan fingerprint density at radius 3 is 2.00 bits per heavy atom. The number of phenolic OH excluding ortho intramolecular Hbond substituents is 1. The van der Waals surface area contributed by atoms with E-state index in [1.165, 1.54) is 20.3 Å². The second kappa shape index (κ2) is 5.94. The smallest absolute Gasteiger partial charge is 0.342 e. The van der Waals surface area contributed by atoms with Crippen LogP contribution in [0.3, 0.4) is 0 Å². The molecule has 0 radical (unpaired) electrons. The second-order valence-electron chi connectivity index (χ2n) is 3.37. The maximum Gasteiger partial charge on any atom is 0.342 e. The van der Waals surface area contributed by atoms with Crippen LogP contribution < -0.4 is 9.47 Å². The van der Waals surface area contributed by atoms with Crippen LogP contribution in [0.4, 0.5) is 0 Å². The first kappa shape index (κ1) is 14.6. The number of hydrogen-bond donors (Lipinski definition) is 1. The number of benzene rings is 1. The van der Waals surface area contributed by atoms with Gasteiger partial charge in [0.25, 0.3) is 0 Å². The first-order valence-electron chi connectivity index (χ1n) is 5.16. The molecule has 1 rings (SSSR count). The standard InChI is InChI=1S/C12H14O7/c1-16-7-5-6(11(14)18-3)8(12(15)19-4)9(13)10(7)17-2/h5,13H,1-4H3. The molecule has 0 aliphatic carbocycles. The fourth-order valence-corrected chi connectivity index (χ4v) is 1.56. The van der Waals surface area contributed by atoms with Gasteiger partial charge in [-0.2, -0.15) is 0 Å². The molecular formula is C12H14O7. The van der Waals surface area contributed by atoms with Gasteiger partial charge in [0.15, 0.2) is 11.5 Å². The van der Waals surface area contributed by atoms with E-state index in [2.05, 4.69) is 9.47 Å². The van der Waals surface area contributed by atoms with Crippen LogP contribution in [0.15, 0.2) is 6.07 Å². The van der Waals surface area contributed by atoms with Crippen molar-refractivity contribution in [3.63, 3.8) is 0 Å². The molecule has 104 valence electrons. The van der Waals surface area contributed by atoms with E-state index in [9.17, 15) is 14.7 Å². The summed E-state index contributed by atoms with van der Waals surface area (Å²) in [5, 5.41) is 10.0. The van der Waals surface area contributed by atoms with Gasteiger partial charge in [-0.05, 0) is 6.07 Å². The number of aromatic hydroxyl groups is 1. The summed E-state index contributed by atoms with van der Waals surface area (Å²) in [7, 11) is 4.89. The van der Waals surface area contributed by atoms with Crippen LogP contribution in [0, 0.1) is 0 Å². The SMILES string of the molecule is COC(=O)c1cc(OC)c(OC)c(O)c1C(=O)OC. The molecule has 0 aliphatic heterocycles. The zero-order chi connectivity index (χ0) is 14.6. The Morgan fingerprint density at radius 1 is 1.00 bits per heavy atom. The lowest BCUT2D eigenvalue weighted by Crippen LogP contribution is -2.13. The predicted molar refractivity (Wildman–Crippen MR) is 63.9 cm³/mol. The van der Waals surface area contributed by atoms with Crippen molar-refractivity contribution < 1.29 is 33.6 Å². The molecule has 1 aromatic carbocycles. The minimum atomic E-state index is -0.890. The minimum Gasteiger partial charge on any atom is -0.504 e. The third kappa shape index (κ3) is 2.54. The van der Waals surface area contributed by atoms with E-state index in [0.717, 1.165) is 14.2 Å². The molecule has 19 heavy (non-hydrogen) atoms. The number of phenols is 1. The molecule has 0 fully saturated rings. The molecule has 0 saturated carbocycles. The number of carbonyl (C=O) groups excluding carboxylic acids is 2. The lowest BCUT2D eigenvalue weighted by molar-refractivity contribution is 0.0551. The van der Waals surface area contributed by atoms with Crippen LogP contribution in [-0.2, 0) is 9.47 Å². The molecule has 1 aromatic rings. The fraction of sp³-hybridized carbons (Fsp3) is 0.333. The molecule has 0 unspecified atom stereocenters. The highest BCUT2D eigenvalue weighted by Gasteiger charge is 2.28. The largest absolute Gasteiger partial charge is 0.504 e. The zero-order valence-electron chi connectivity index (χ0n) is 11.0. The fourth-order valence-electron chi connectivity index (χ4n) is 1.56. The average molecular weight is 270 g/mol. The highest BCUT2D eigenvalue weighted by atomic mass is 16.5. The van der Waals surface area contributed by atoms with E-state index in [4.69, 9.17) is 9.47 Å². The van der Waals surface area contributed by atoms with Crippen LogP contribution in [0.25, 0.3) is 0 Å². The molecule has 0 amide bonds. The monoisotopic (exact) mass is 270 g/mol. The predicted octanol–water partition coefficient (Wildman–Crippen LogP) is 0.983. The third-order valence-electron chi connectivity index (χ3n) is 2.44. The van der Waals surface area contributed by atoms with Crippen molar-refractivity contribution >= 4 is 11.9 Å². The summed E-state index contributed by atoms with van der Waals surface area (Å²) in [6.45, 7) is 0. The Morgan fingerprint density at radius 2 is 1.58 bits per heavy atom. The summed E-state index contributed by atoms with van der Waals surface area (Å²) in [4.78, 5) is 23.3. The Bertz CT molecular complexity index is 507. The Hall–Kier alpha value is -2.44. The van der Waals surface area contributed by atoms with Crippen LogP contribution >= 0.6 is 0 Å². The molecule has 1 N–H and O–H groups in total. The highest BCUT2D eigenvalue weighted by Crippen LogP contribution is 2.41. The first-order chi connectivity index (χ1) is 9.01. The van der Waals surface area contributed by atoms with E-state index >= 15 is 0 Å². The van der Waals surface area contributed by atoms with Crippen LogP contribution in [0.5, 0.6) is 17.2 Å². The molecule has 0 saturated heterocycles. The summed E-state index contributed by atoms with van der Waals surface area (Å²) in [5.41, 5.74) is -0.517. The molecule has 7 nitrogen and oxygen atoms in total. The van der Waals surface area contributed by atoms with E-state index in [0.29, 0.717) is 0 Å². The van der Waals surface area contributed by atoms with Gasteiger partial charge in [-0.25, -0.2) is 9.59 Å². The molecule has 0 aliphatic rings. The summed E-state index contributed by atoms with van der Waals surface area (Å²) >= 11 is 0. The molecular weight excluding hydrogens is 256 g/mol. The lowest BCUT2D eigenvalue weighted by Gasteiger charge is -2.14. The molecule has 0 heterocycles. The molecule has 0 spiro atoms. The number of ether oxygens (including phenoxy) is 4. The van der Waals surface area contributed by atoms with Gasteiger partial charge in [0.2, 0.25) is 5.75 Å². The summed E-state index contributed by atoms with van der Waals surface area (Å²) < 4.78 is 19.0. The minimum absolute atomic E-state index is 0.0736. The summed E-state index contributed by atoms with van der Waals surface area (Å²) in [6, 6.07) is 1.23. The van der Waals surface area contributed by atoms with Gasteiger partial charge in [-0.3, -0.25) is 0 Å². The summed E-state index contributed by atoms with van der Waals surface area (Å²) in [5.74, 6) is -2.23. The molecule has 7 heteroatoms. The topological polar surface area (TPSA) is 91.3 Å². The van der Waals surface area contributed by atoms with Gasteiger partial charge in [-0.15, -0.1) is 0 Å². The molecule has 0 aromatic heterocycles. The Balaban J connectivity index is 3.65. The molecule has 0 bridgehead atoms. The quantitative estimate of drug-likeness (QED) is 0.815. The maximum absolute atomic E-state index is 11.7. The van der Waals surface area contributed by atoms with Gasteiger partial charge >= 0.3 is 11.9 Å². The number of carbonyl (C=O) groups is 2. The van der Waals surface area contributed by atoms with Crippen molar-refractivity contribution in [1.29, 1.82) is 0 Å². The van der Waals surface area contributed by atoms with Crippen LogP contribution in [0.2, 0.25) is 0 Å². The third-order valence-corrected chi connectivity index (χ3v) is 2.44. The average Bonchev–Trinajstić information content (AvgIpc) is 2.44. The van der Waals surface area contributed by atoms with Crippen LogP contribution in [-0.4, -0.2) is 45.5 Å². The van der Waals surface area contributed by atoms with Crippen LogP contribution in [0.1, 0.15) is 20.7 Å². The van der Waals surface area contributed by atoms with Crippen molar-refractivity contribution in [2.45, 2.75) is 0 Å². The van der Waals surface area contributed by atoms with Crippen molar-refractivity contribution in [2.24, 2.45) is 0 Å². The van der Waals surface area contributed by atoms with Crippen molar-refractivity contribution in [3.05, 3.63) is 17.2 Å². The van der Waals surface area contributed by atoms with Gasteiger partial charge in [0.05, 0.1) is 34.0 Å².